The summed E-state index contributed by atoms with van der Waals surface area (Å²) in [6.07, 6.45) is 3.22. The van der Waals surface area contributed by atoms with Crippen molar-refractivity contribution in [1.82, 2.24) is 0 Å². The van der Waals surface area contributed by atoms with Gasteiger partial charge in [-0.3, -0.25) is 4.72 Å². The van der Waals surface area contributed by atoms with Crippen LogP contribution in [0, 0.1) is 19.7 Å². The van der Waals surface area contributed by atoms with Crippen LogP contribution in [0.3, 0.4) is 0 Å². The van der Waals surface area contributed by atoms with Gasteiger partial charge in [0, 0.05) is 19.2 Å². The van der Waals surface area contributed by atoms with Crippen LogP contribution in [-0.2, 0) is 10.0 Å². The zero-order chi connectivity index (χ0) is 19.6. The third kappa shape index (κ3) is 4.18. The van der Waals surface area contributed by atoms with Crippen LogP contribution < -0.4 is 14.4 Å². The Balaban J connectivity index is 2.01. The molecular formula is C20H25FN2O3S. The number of anilines is 2. The van der Waals surface area contributed by atoms with E-state index in [9.17, 15) is 12.8 Å². The summed E-state index contributed by atoms with van der Waals surface area (Å²) >= 11 is 0. The quantitative estimate of drug-likeness (QED) is 0.827. The highest BCUT2D eigenvalue weighted by Gasteiger charge is 2.24. The van der Waals surface area contributed by atoms with E-state index in [-0.39, 0.29) is 16.3 Å². The smallest absolute Gasteiger partial charge is 0.265 e. The second-order valence-electron chi connectivity index (χ2n) is 6.90. The van der Waals surface area contributed by atoms with Crippen LogP contribution in [0.2, 0.25) is 0 Å². The van der Waals surface area contributed by atoms with E-state index in [2.05, 4.69) is 9.62 Å². The van der Waals surface area contributed by atoms with Gasteiger partial charge in [0.25, 0.3) is 10.0 Å². The Bertz CT molecular complexity index is 938. The molecule has 5 nitrogen and oxygen atoms in total. The fraction of sp³-hybridized carbons (Fsp3) is 0.400. The molecule has 1 fully saturated rings. The van der Waals surface area contributed by atoms with Crippen LogP contribution in [0.15, 0.2) is 35.2 Å². The zero-order valence-corrected chi connectivity index (χ0v) is 16.7. The molecule has 0 aromatic heterocycles. The van der Waals surface area contributed by atoms with Crippen LogP contribution in [0.5, 0.6) is 5.75 Å². The standard InChI is InChI=1S/C20H25FN2O3S/c1-14-11-19(26-3)20(12-15(14)2)27(24,25)22-17-13-16(21)7-8-18(17)23-9-5-4-6-10-23/h7-8,11-13,22H,4-6,9-10H2,1-3H3. The summed E-state index contributed by atoms with van der Waals surface area (Å²) in [5.41, 5.74) is 2.72. The van der Waals surface area contributed by atoms with Crippen LogP contribution in [0.25, 0.3) is 0 Å². The molecule has 1 aliphatic rings. The molecule has 7 heteroatoms. The highest BCUT2D eigenvalue weighted by Crippen LogP contribution is 2.33. The molecule has 0 spiro atoms. The maximum atomic E-state index is 13.9. The number of nitrogens with zero attached hydrogens (tertiary/aromatic N) is 1. The van der Waals surface area contributed by atoms with Crippen molar-refractivity contribution in [3.8, 4) is 5.75 Å². The largest absolute Gasteiger partial charge is 0.495 e. The molecule has 1 aliphatic heterocycles. The molecule has 1 saturated heterocycles. The Labute approximate surface area is 160 Å². The molecule has 0 radical (unpaired) electrons. The van der Waals surface area contributed by atoms with Gasteiger partial charge >= 0.3 is 0 Å². The van der Waals surface area contributed by atoms with Gasteiger partial charge in [-0.2, -0.15) is 0 Å². The van der Waals surface area contributed by atoms with Crippen molar-refractivity contribution in [2.24, 2.45) is 0 Å². The molecule has 2 aromatic rings. The molecule has 0 unspecified atom stereocenters. The van der Waals surface area contributed by atoms with E-state index in [0.717, 1.165) is 43.5 Å². The molecule has 0 bridgehead atoms. The highest BCUT2D eigenvalue weighted by atomic mass is 32.2. The summed E-state index contributed by atoms with van der Waals surface area (Å²) in [4.78, 5) is 2.14. The molecule has 3 rings (SSSR count). The van der Waals surface area contributed by atoms with Crippen molar-refractivity contribution >= 4 is 21.4 Å². The minimum atomic E-state index is -3.94. The fourth-order valence-corrected chi connectivity index (χ4v) is 4.64. The summed E-state index contributed by atoms with van der Waals surface area (Å²) in [5, 5.41) is 0. The van der Waals surface area contributed by atoms with Crippen molar-refractivity contribution in [3.05, 3.63) is 47.3 Å². The van der Waals surface area contributed by atoms with Gasteiger partial charge in [-0.1, -0.05) is 0 Å². The second kappa shape index (κ2) is 7.76. The minimum absolute atomic E-state index is 0.0435. The van der Waals surface area contributed by atoms with Gasteiger partial charge in [0.2, 0.25) is 0 Å². The molecule has 27 heavy (non-hydrogen) atoms. The third-order valence-electron chi connectivity index (χ3n) is 4.97. The van der Waals surface area contributed by atoms with E-state index < -0.39 is 15.8 Å². The van der Waals surface area contributed by atoms with Crippen molar-refractivity contribution in [2.45, 2.75) is 38.0 Å². The SMILES string of the molecule is COc1cc(C)c(C)cc1S(=O)(=O)Nc1cc(F)ccc1N1CCCCC1. The highest BCUT2D eigenvalue weighted by molar-refractivity contribution is 7.92. The van der Waals surface area contributed by atoms with E-state index in [0.29, 0.717) is 5.69 Å². The first kappa shape index (κ1) is 19.5. The number of methoxy groups -OCH3 is 1. The second-order valence-corrected chi connectivity index (χ2v) is 8.55. The monoisotopic (exact) mass is 392 g/mol. The number of halogens is 1. The van der Waals surface area contributed by atoms with Gasteiger partial charge in [-0.15, -0.1) is 0 Å². The maximum absolute atomic E-state index is 13.9. The first-order valence-electron chi connectivity index (χ1n) is 9.04. The van der Waals surface area contributed by atoms with E-state index in [1.165, 1.54) is 19.2 Å². The molecule has 0 saturated carbocycles. The van der Waals surface area contributed by atoms with E-state index in [1.807, 2.05) is 13.8 Å². The summed E-state index contributed by atoms with van der Waals surface area (Å²) < 4.78 is 47.8. The predicted octanol–water partition coefficient (Wildman–Crippen LogP) is 4.24. The van der Waals surface area contributed by atoms with E-state index in [1.54, 1.807) is 18.2 Å². The van der Waals surface area contributed by atoms with Crippen LogP contribution in [0.1, 0.15) is 30.4 Å². The first-order chi connectivity index (χ1) is 12.8. The molecular weight excluding hydrogens is 367 g/mol. The first-order valence-corrected chi connectivity index (χ1v) is 10.5. The van der Waals surface area contributed by atoms with Crippen LogP contribution in [-0.4, -0.2) is 28.6 Å². The number of rotatable bonds is 5. The molecule has 146 valence electrons. The number of benzene rings is 2. The Morgan fingerprint density at radius 1 is 1.04 bits per heavy atom. The van der Waals surface area contributed by atoms with Gasteiger partial charge in [0.1, 0.15) is 16.5 Å². The zero-order valence-electron chi connectivity index (χ0n) is 15.9. The summed E-state index contributed by atoms with van der Waals surface area (Å²) in [7, 11) is -2.51. The molecule has 0 amide bonds. The lowest BCUT2D eigenvalue weighted by Gasteiger charge is -2.30. The molecule has 1 N–H and O–H groups in total. The Morgan fingerprint density at radius 3 is 2.37 bits per heavy atom. The number of nitrogens with one attached hydrogen (secondary N) is 1. The average Bonchev–Trinajstić information content (AvgIpc) is 2.64. The lowest BCUT2D eigenvalue weighted by molar-refractivity contribution is 0.402. The lowest BCUT2D eigenvalue weighted by Crippen LogP contribution is -2.30. The van der Waals surface area contributed by atoms with Gasteiger partial charge in [0.15, 0.2) is 0 Å². The van der Waals surface area contributed by atoms with Gasteiger partial charge in [0.05, 0.1) is 18.5 Å². The van der Waals surface area contributed by atoms with Crippen molar-refractivity contribution in [1.29, 1.82) is 0 Å². The molecule has 2 aromatic carbocycles. The van der Waals surface area contributed by atoms with Gasteiger partial charge in [-0.05, 0) is 68.5 Å². The summed E-state index contributed by atoms with van der Waals surface area (Å²) in [6, 6.07) is 7.50. The predicted molar refractivity (Wildman–Crippen MR) is 106 cm³/mol. The van der Waals surface area contributed by atoms with Crippen molar-refractivity contribution in [3.63, 3.8) is 0 Å². The minimum Gasteiger partial charge on any atom is -0.495 e. The van der Waals surface area contributed by atoms with Crippen LogP contribution in [0.4, 0.5) is 15.8 Å². The fourth-order valence-electron chi connectivity index (χ4n) is 3.33. The number of aryl methyl sites for hydroxylation is 2. The Morgan fingerprint density at radius 2 is 1.70 bits per heavy atom. The summed E-state index contributed by atoms with van der Waals surface area (Å²) in [5.74, 6) is -0.220. The number of hydrogen-bond donors (Lipinski definition) is 1. The van der Waals surface area contributed by atoms with E-state index >= 15 is 0 Å². The topological polar surface area (TPSA) is 58.6 Å². The number of sulfonamides is 1. The number of piperidine rings is 1. The van der Waals surface area contributed by atoms with Gasteiger partial charge in [-0.25, -0.2) is 12.8 Å². The van der Waals surface area contributed by atoms with Crippen molar-refractivity contribution < 1.29 is 17.5 Å². The lowest BCUT2D eigenvalue weighted by atomic mass is 10.1. The van der Waals surface area contributed by atoms with Gasteiger partial charge < -0.3 is 9.64 Å². The van der Waals surface area contributed by atoms with Crippen LogP contribution >= 0.6 is 0 Å². The summed E-state index contributed by atoms with van der Waals surface area (Å²) in [6.45, 7) is 5.39. The van der Waals surface area contributed by atoms with E-state index in [4.69, 9.17) is 4.74 Å². The Kier molecular flexibility index (Phi) is 5.60. The number of hydrogen-bond acceptors (Lipinski definition) is 4. The third-order valence-corrected chi connectivity index (χ3v) is 6.36. The molecule has 1 heterocycles. The molecule has 0 aliphatic carbocycles. The number of ether oxygens (including phenoxy) is 1. The normalized spacial score (nSPS) is 14.9. The van der Waals surface area contributed by atoms with Crippen molar-refractivity contribution in [2.75, 3.05) is 29.8 Å². The maximum Gasteiger partial charge on any atom is 0.265 e. The molecule has 0 atom stereocenters. The Hall–Kier alpha value is -2.28. The average molecular weight is 392 g/mol.